The van der Waals surface area contributed by atoms with Gasteiger partial charge < -0.3 is 5.32 Å². The summed E-state index contributed by atoms with van der Waals surface area (Å²) in [6, 6.07) is 4.62. The summed E-state index contributed by atoms with van der Waals surface area (Å²) in [5, 5.41) is 2.76. The summed E-state index contributed by atoms with van der Waals surface area (Å²) in [6.45, 7) is 3.70. The van der Waals surface area contributed by atoms with Gasteiger partial charge in [0.05, 0.1) is 9.79 Å². The molecule has 3 rings (SSSR count). The Labute approximate surface area is 173 Å². The molecule has 0 bridgehead atoms. The molecule has 0 aromatic heterocycles. The molecule has 2 heterocycles. The zero-order valence-electron chi connectivity index (χ0n) is 16.7. The van der Waals surface area contributed by atoms with Crippen LogP contribution in [0.4, 0.5) is 0 Å². The van der Waals surface area contributed by atoms with Gasteiger partial charge in [0, 0.05) is 26.2 Å². The second-order valence-corrected chi connectivity index (χ2v) is 11.3. The molecule has 0 radical (unpaired) electrons. The maximum absolute atomic E-state index is 13.1. The second kappa shape index (κ2) is 9.11. The van der Waals surface area contributed by atoms with E-state index in [4.69, 9.17) is 0 Å². The highest BCUT2D eigenvalue weighted by Gasteiger charge is 2.39. The zero-order chi connectivity index (χ0) is 21.1. The average Bonchev–Trinajstić information content (AvgIpc) is 3.24. The van der Waals surface area contributed by atoms with Gasteiger partial charge in [0.2, 0.25) is 26.0 Å². The van der Waals surface area contributed by atoms with E-state index in [-0.39, 0.29) is 22.2 Å². The number of piperidine rings is 1. The van der Waals surface area contributed by atoms with Crippen molar-refractivity contribution in [3.63, 3.8) is 0 Å². The molecule has 2 saturated heterocycles. The molecule has 0 saturated carbocycles. The fraction of sp³-hybridized carbons (Fsp3) is 0.632. The molecular formula is C19H29N3O5S2. The van der Waals surface area contributed by atoms with E-state index in [9.17, 15) is 21.6 Å². The van der Waals surface area contributed by atoms with Gasteiger partial charge in [0.1, 0.15) is 6.04 Å². The highest BCUT2D eigenvalue weighted by Crippen LogP contribution is 2.28. The minimum absolute atomic E-state index is 0.00489. The van der Waals surface area contributed by atoms with Crippen LogP contribution in [0.1, 0.15) is 45.4 Å². The Hall–Kier alpha value is -1.49. The van der Waals surface area contributed by atoms with E-state index in [0.717, 1.165) is 25.7 Å². The van der Waals surface area contributed by atoms with E-state index in [1.807, 2.05) is 6.92 Å². The molecule has 0 unspecified atom stereocenters. The predicted molar refractivity (Wildman–Crippen MR) is 109 cm³/mol. The fourth-order valence-electron chi connectivity index (χ4n) is 3.83. The van der Waals surface area contributed by atoms with Crippen LogP contribution < -0.4 is 5.32 Å². The molecular weight excluding hydrogens is 414 g/mol. The number of benzene rings is 1. The molecule has 1 N–H and O–H groups in total. The second-order valence-electron chi connectivity index (χ2n) is 7.50. The number of rotatable bonds is 7. The van der Waals surface area contributed by atoms with Crippen LogP contribution >= 0.6 is 0 Å². The Bertz CT molecular complexity index is 923. The summed E-state index contributed by atoms with van der Waals surface area (Å²) in [6.07, 6.45) is 4.57. The van der Waals surface area contributed by atoms with Gasteiger partial charge in [-0.05, 0) is 56.4 Å². The smallest absolute Gasteiger partial charge is 0.243 e. The van der Waals surface area contributed by atoms with Gasteiger partial charge in [0.15, 0.2) is 0 Å². The Morgan fingerprint density at radius 2 is 1.52 bits per heavy atom. The Morgan fingerprint density at radius 1 is 0.931 bits per heavy atom. The van der Waals surface area contributed by atoms with Crippen molar-refractivity contribution in [1.82, 2.24) is 13.9 Å². The molecule has 1 aromatic carbocycles. The largest absolute Gasteiger partial charge is 0.355 e. The van der Waals surface area contributed by atoms with Crippen LogP contribution in [0.2, 0.25) is 0 Å². The lowest BCUT2D eigenvalue weighted by atomic mass is 10.2. The van der Waals surface area contributed by atoms with Crippen LogP contribution in [0.25, 0.3) is 0 Å². The molecule has 2 aliphatic heterocycles. The molecule has 1 atom stereocenters. The molecule has 29 heavy (non-hydrogen) atoms. The van der Waals surface area contributed by atoms with Gasteiger partial charge in [0.25, 0.3) is 0 Å². The summed E-state index contributed by atoms with van der Waals surface area (Å²) >= 11 is 0. The molecule has 0 spiro atoms. The predicted octanol–water partition coefficient (Wildman–Crippen LogP) is 1.54. The number of carbonyl (C=O) groups is 1. The lowest BCUT2D eigenvalue weighted by Crippen LogP contribution is -2.46. The minimum atomic E-state index is -3.88. The normalized spacial score (nSPS) is 21.9. The third kappa shape index (κ3) is 4.65. The third-order valence-corrected chi connectivity index (χ3v) is 9.27. The Balaban J connectivity index is 1.80. The van der Waals surface area contributed by atoms with Crippen molar-refractivity contribution in [3.05, 3.63) is 24.3 Å². The molecule has 2 aliphatic rings. The quantitative estimate of drug-likeness (QED) is 0.688. The summed E-state index contributed by atoms with van der Waals surface area (Å²) < 4.78 is 54.3. The van der Waals surface area contributed by atoms with Crippen LogP contribution in [-0.2, 0) is 24.8 Å². The van der Waals surface area contributed by atoms with E-state index in [1.54, 1.807) is 0 Å². The first-order chi connectivity index (χ1) is 13.8. The number of hydrogen-bond donors (Lipinski definition) is 1. The molecule has 10 heteroatoms. The molecule has 1 aromatic rings. The third-order valence-electron chi connectivity index (χ3n) is 5.44. The van der Waals surface area contributed by atoms with Crippen molar-refractivity contribution in [2.45, 2.75) is 61.3 Å². The lowest BCUT2D eigenvalue weighted by molar-refractivity contribution is -0.124. The summed E-state index contributed by atoms with van der Waals surface area (Å²) in [4.78, 5) is 12.5. The summed E-state index contributed by atoms with van der Waals surface area (Å²) in [5.41, 5.74) is 0. The van der Waals surface area contributed by atoms with Gasteiger partial charge >= 0.3 is 0 Å². The van der Waals surface area contributed by atoms with Crippen molar-refractivity contribution in [1.29, 1.82) is 0 Å². The average molecular weight is 444 g/mol. The first kappa shape index (κ1) is 22.2. The standard InChI is InChI=1S/C19H29N3O5S2/c1-2-12-20-19(23)18-7-6-15-22(18)29(26,27)17-10-8-16(9-11-17)28(24,25)21-13-4-3-5-14-21/h8-11,18H,2-7,12-15H2,1H3,(H,20,23)/t18-/m0/s1. The first-order valence-electron chi connectivity index (χ1n) is 10.2. The minimum Gasteiger partial charge on any atom is -0.355 e. The monoisotopic (exact) mass is 443 g/mol. The lowest BCUT2D eigenvalue weighted by Gasteiger charge is -2.26. The van der Waals surface area contributed by atoms with Crippen molar-refractivity contribution >= 4 is 26.0 Å². The Morgan fingerprint density at radius 3 is 2.10 bits per heavy atom. The van der Waals surface area contributed by atoms with Crippen LogP contribution in [0, 0.1) is 0 Å². The number of sulfonamides is 2. The number of amides is 1. The van der Waals surface area contributed by atoms with Gasteiger partial charge in [-0.1, -0.05) is 13.3 Å². The molecule has 0 aliphatic carbocycles. The maximum atomic E-state index is 13.1. The van der Waals surface area contributed by atoms with Crippen molar-refractivity contribution in [2.75, 3.05) is 26.2 Å². The van der Waals surface area contributed by atoms with Crippen molar-refractivity contribution in [3.8, 4) is 0 Å². The topological polar surface area (TPSA) is 104 Å². The van der Waals surface area contributed by atoms with Crippen LogP contribution in [0.15, 0.2) is 34.1 Å². The molecule has 8 nitrogen and oxygen atoms in total. The first-order valence-corrected chi connectivity index (χ1v) is 13.1. The van der Waals surface area contributed by atoms with E-state index in [0.29, 0.717) is 32.5 Å². The number of nitrogens with zero attached hydrogens (tertiary/aromatic N) is 2. The van der Waals surface area contributed by atoms with Gasteiger partial charge in [-0.2, -0.15) is 8.61 Å². The zero-order valence-corrected chi connectivity index (χ0v) is 18.3. The number of nitrogens with one attached hydrogen (secondary N) is 1. The van der Waals surface area contributed by atoms with Crippen molar-refractivity contribution < 1.29 is 21.6 Å². The fourth-order valence-corrected chi connectivity index (χ4v) is 7.00. The summed E-state index contributed by atoms with van der Waals surface area (Å²) in [7, 11) is -7.50. The van der Waals surface area contributed by atoms with E-state index >= 15 is 0 Å². The SMILES string of the molecule is CCCNC(=O)[C@@H]1CCCN1S(=O)(=O)c1ccc(S(=O)(=O)N2CCCCC2)cc1. The van der Waals surface area contributed by atoms with E-state index in [1.165, 1.54) is 32.9 Å². The van der Waals surface area contributed by atoms with Gasteiger partial charge in [-0.3, -0.25) is 4.79 Å². The van der Waals surface area contributed by atoms with Gasteiger partial charge in [-0.25, -0.2) is 16.8 Å². The van der Waals surface area contributed by atoms with E-state index < -0.39 is 26.1 Å². The van der Waals surface area contributed by atoms with Gasteiger partial charge in [-0.15, -0.1) is 0 Å². The maximum Gasteiger partial charge on any atom is 0.243 e. The van der Waals surface area contributed by atoms with E-state index in [2.05, 4.69) is 5.32 Å². The number of hydrogen-bond acceptors (Lipinski definition) is 5. The van der Waals surface area contributed by atoms with Crippen molar-refractivity contribution in [2.24, 2.45) is 0 Å². The highest BCUT2D eigenvalue weighted by atomic mass is 32.2. The van der Waals surface area contributed by atoms with Crippen LogP contribution in [-0.4, -0.2) is 63.6 Å². The molecule has 2 fully saturated rings. The molecule has 162 valence electrons. The number of carbonyl (C=O) groups excluding carboxylic acids is 1. The molecule has 1 amide bonds. The Kier molecular flexibility index (Phi) is 6.98. The van der Waals surface area contributed by atoms with Crippen LogP contribution in [0.5, 0.6) is 0 Å². The summed E-state index contributed by atoms with van der Waals surface area (Å²) in [5.74, 6) is -0.280. The highest BCUT2D eigenvalue weighted by molar-refractivity contribution is 7.89. The van der Waals surface area contributed by atoms with Crippen LogP contribution in [0.3, 0.4) is 0 Å².